The van der Waals surface area contributed by atoms with Crippen LogP contribution in [0.2, 0.25) is 0 Å². The highest BCUT2D eigenvalue weighted by molar-refractivity contribution is 7.86. The van der Waals surface area contributed by atoms with Crippen molar-refractivity contribution in [3.63, 3.8) is 0 Å². The fraction of sp³-hybridized carbons (Fsp3) is 0.933. The predicted octanol–water partition coefficient (Wildman–Crippen LogP) is 2.15. The summed E-state index contributed by atoms with van der Waals surface area (Å²) in [6.45, 7) is 1.58. The second-order valence-corrected chi connectivity index (χ2v) is 7.84. The van der Waals surface area contributed by atoms with Crippen molar-refractivity contribution in [3.8, 4) is 0 Å². The number of ether oxygens (including phenoxy) is 1. The summed E-state index contributed by atoms with van der Waals surface area (Å²) in [4.78, 5) is 0. The molecule has 1 saturated heterocycles. The Balaban J connectivity index is 1.71. The van der Waals surface area contributed by atoms with Crippen LogP contribution < -0.4 is 0 Å². The summed E-state index contributed by atoms with van der Waals surface area (Å²) in [6.07, 6.45) is 9.20. The molecule has 0 unspecified atom stereocenters. The normalized spacial score (nSPS) is 24.4. The first-order chi connectivity index (χ1) is 10.6. The molecule has 2 aliphatic rings. The van der Waals surface area contributed by atoms with Gasteiger partial charge in [-0.15, -0.1) is 0 Å². The lowest BCUT2D eigenvalue weighted by molar-refractivity contribution is 0.118. The summed E-state index contributed by atoms with van der Waals surface area (Å²) < 4.78 is 34.3. The molecule has 1 atom stereocenters. The number of rotatable bonds is 8. The lowest BCUT2D eigenvalue weighted by Gasteiger charge is -2.21. The van der Waals surface area contributed by atoms with Gasteiger partial charge in [-0.25, -0.2) is 0 Å². The molecule has 1 aliphatic carbocycles. The van der Waals surface area contributed by atoms with E-state index in [1.165, 1.54) is 6.42 Å². The van der Waals surface area contributed by atoms with Crippen LogP contribution in [0, 0.1) is 0 Å². The average Bonchev–Trinajstić information content (AvgIpc) is 2.92. The van der Waals surface area contributed by atoms with Gasteiger partial charge in [-0.2, -0.15) is 13.5 Å². The van der Waals surface area contributed by atoms with Crippen LogP contribution in [0.5, 0.6) is 0 Å². The van der Waals surface area contributed by atoms with Crippen molar-refractivity contribution in [2.45, 2.75) is 63.5 Å². The molecule has 128 valence electrons. The number of nitrogens with zero attached hydrogens (tertiary/aromatic N) is 2. The van der Waals surface area contributed by atoms with E-state index >= 15 is 0 Å². The second kappa shape index (κ2) is 8.84. The first kappa shape index (κ1) is 17.7. The van der Waals surface area contributed by atoms with Crippen LogP contribution in [0.15, 0.2) is 5.10 Å². The maximum Gasteiger partial charge on any atom is 0.267 e. The van der Waals surface area contributed by atoms with Gasteiger partial charge < -0.3 is 4.74 Å². The van der Waals surface area contributed by atoms with Crippen molar-refractivity contribution < 1.29 is 17.3 Å². The van der Waals surface area contributed by atoms with Crippen LogP contribution in [0.4, 0.5) is 0 Å². The molecule has 1 aliphatic heterocycles. The number of hydrazone groups is 1. The molecule has 0 aromatic rings. The van der Waals surface area contributed by atoms with Crippen molar-refractivity contribution in [1.29, 1.82) is 0 Å². The van der Waals surface area contributed by atoms with Gasteiger partial charge in [0.2, 0.25) is 0 Å². The third kappa shape index (κ3) is 5.85. The van der Waals surface area contributed by atoms with E-state index in [0.29, 0.717) is 19.1 Å². The molecule has 0 N–H and O–H groups in total. The molecule has 2 rings (SSSR count). The number of methoxy groups -OCH3 is 1. The molecule has 0 aromatic carbocycles. The first-order valence-electron chi connectivity index (χ1n) is 8.30. The maximum atomic E-state index is 11.9. The van der Waals surface area contributed by atoms with Crippen LogP contribution in [-0.4, -0.2) is 57.8 Å². The smallest absolute Gasteiger partial charge is 0.267 e. The summed E-state index contributed by atoms with van der Waals surface area (Å²) in [7, 11) is -1.75. The van der Waals surface area contributed by atoms with Crippen molar-refractivity contribution in [1.82, 2.24) is 5.01 Å². The van der Waals surface area contributed by atoms with Crippen LogP contribution >= 0.6 is 0 Å². The number of hydrogen-bond donors (Lipinski definition) is 0. The molecular formula is C15H28N2O4S. The van der Waals surface area contributed by atoms with Gasteiger partial charge in [0.05, 0.1) is 24.5 Å². The van der Waals surface area contributed by atoms with E-state index < -0.39 is 10.1 Å². The second-order valence-electron chi connectivity index (χ2n) is 6.12. The number of hydrogen-bond acceptors (Lipinski definition) is 6. The fourth-order valence-corrected chi connectivity index (χ4v) is 4.21. The van der Waals surface area contributed by atoms with Gasteiger partial charge in [-0.05, 0) is 25.7 Å². The molecule has 7 heteroatoms. The summed E-state index contributed by atoms with van der Waals surface area (Å²) >= 11 is 0. The van der Waals surface area contributed by atoms with E-state index in [4.69, 9.17) is 8.92 Å². The Morgan fingerprint density at radius 1 is 1.18 bits per heavy atom. The summed E-state index contributed by atoms with van der Waals surface area (Å²) in [5.41, 5.74) is 0. The maximum absolute atomic E-state index is 11.9. The Labute approximate surface area is 134 Å². The molecule has 0 amide bonds. The van der Waals surface area contributed by atoms with Crippen molar-refractivity contribution in [2.24, 2.45) is 5.10 Å². The highest BCUT2D eigenvalue weighted by Gasteiger charge is 2.23. The highest BCUT2D eigenvalue weighted by atomic mass is 32.2. The molecule has 1 saturated carbocycles. The van der Waals surface area contributed by atoms with Crippen molar-refractivity contribution in [2.75, 3.05) is 26.0 Å². The Hall–Kier alpha value is -0.660. The minimum absolute atomic E-state index is 0.00971. The Bertz CT molecular complexity index is 446. The van der Waals surface area contributed by atoms with Gasteiger partial charge >= 0.3 is 0 Å². The van der Waals surface area contributed by atoms with Gasteiger partial charge in [0.15, 0.2) is 0 Å². The van der Waals surface area contributed by atoms with E-state index in [1.807, 2.05) is 5.01 Å². The minimum Gasteiger partial charge on any atom is -0.382 e. The molecule has 0 spiro atoms. The lowest BCUT2D eigenvalue weighted by atomic mass is 9.98. The predicted molar refractivity (Wildman–Crippen MR) is 86.5 cm³/mol. The van der Waals surface area contributed by atoms with Crippen LogP contribution in [-0.2, 0) is 19.0 Å². The van der Waals surface area contributed by atoms with Crippen LogP contribution in [0.1, 0.15) is 51.4 Å². The third-order valence-corrected chi connectivity index (χ3v) is 5.57. The van der Waals surface area contributed by atoms with E-state index in [0.717, 1.165) is 45.1 Å². The zero-order valence-electron chi connectivity index (χ0n) is 13.4. The van der Waals surface area contributed by atoms with Crippen LogP contribution in [0.3, 0.4) is 0 Å². The minimum atomic E-state index is -3.44. The summed E-state index contributed by atoms with van der Waals surface area (Å²) in [5, 5.41) is 6.38. The van der Waals surface area contributed by atoms with E-state index in [1.54, 1.807) is 13.3 Å². The average molecular weight is 332 g/mol. The molecule has 1 heterocycles. The van der Waals surface area contributed by atoms with Crippen LogP contribution in [0.25, 0.3) is 0 Å². The van der Waals surface area contributed by atoms with E-state index in [-0.39, 0.29) is 11.9 Å². The molecular weight excluding hydrogens is 304 g/mol. The van der Waals surface area contributed by atoms with Crippen molar-refractivity contribution >= 4 is 16.3 Å². The third-order valence-electron chi connectivity index (χ3n) is 4.27. The Morgan fingerprint density at radius 2 is 1.95 bits per heavy atom. The van der Waals surface area contributed by atoms with Gasteiger partial charge in [0.25, 0.3) is 10.1 Å². The zero-order valence-corrected chi connectivity index (χ0v) is 14.3. The standard InChI is InChI=1S/C15H28N2O4S/c1-20-13-14-7-5-11-17(14)16-10-6-12-22(18,19)21-15-8-3-2-4-9-15/h10,14-15H,2-9,11-13H2,1H3/b16-10+/t14-/m0/s1. The molecule has 22 heavy (non-hydrogen) atoms. The van der Waals surface area contributed by atoms with Gasteiger partial charge in [0.1, 0.15) is 0 Å². The molecule has 0 radical (unpaired) electrons. The molecule has 0 aromatic heterocycles. The van der Waals surface area contributed by atoms with E-state index in [2.05, 4.69) is 5.10 Å². The first-order valence-corrected chi connectivity index (χ1v) is 9.87. The topological polar surface area (TPSA) is 68.2 Å². The van der Waals surface area contributed by atoms with Gasteiger partial charge in [-0.3, -0.25) is 9.19 Å². The molecule has 0 bridgehead atoms. The molecule has 2 fully saturated rings. The Kier molecular flexibility index (Phi) is 7.11. The van der Waals surface area contributed by atoms with Crippen molar-refractivity contribution in [3.05, 3.63) is 0 Å². The molecule has 6 nitrogen and oxygen atoms in total. The largest absolute Gasteiger partial charge is 0.382 e. The zero-order chi connectivity index (χ0) is 15.8. The fourth-order valence-electron chi connectivity index (χ4n) is 3.11. The van der Waals surface area contributed by atoms with Gasteiger partial charge in [0, 0.05) is 26.3 Å². The van der Waals surface area contributed by atoms with E-state index in [9.17, 15) is 8.42 Å². The summed E-state index contributed by atoms with van der Waals surface area (Å²) in [6, 6.07) is 0.316. The quantitative estimate of drug-likeness (QED) is 0.503. The summed E-state index contributed by atoms with van der Waals surface area (Å²) in [5.74, 6) is 0.00971. The highest BCUT2D eigenvalue weighted by Crippen LogP contribution is 2.22. The SMILES string of the molecule is COC[C@@H]1CCCN1/N=C/CCS(=O)(=O)OC1CCCCC1. The lowest BCUT2D eigenvalue weighted by Crippen LogP contribution is -2.28. The van der Waals surface area contributed by atoms with Gasteiger partial charge in [-0.1, -0.05) is 19.3 Å². The Morgan fingerprint density at radius 3 is 2.68 bits per heavy atom. The monoisotopic (exact) mass is 332 g/mol.